The predicted molar refractivity (Wildman–Crippen MR) is 72.8 cm³/mol. The quantitative estimate of drug-likeness (QED) is 0.863. The minimum Gasteiger partial charge on any atom is -0.497 e. The minimum atomic E-state index is -0.425. The molecule has 0 heterocycles. The van der Waals surface area contributed by atoms with Gasteiger partial charge in [-0.25, -0.2) is 4.79 Å². The number of urea groups is 1. The molecule has 1 aromatic carbocycles. The lowest BCUT2D eigenvalue weighted by molar-refractivity contribution is 0.227. The fourth-order valence-electron chi connectivity index (χ4n) is 1.66. The van der Waals surface area contributed by atoms with Crippen LogP contribution < -0.4 is 15.4 Å². The van der Waals surface area contributed by atoms with Crippen LogP contribution in [0.3, 0.4) is 0 Å². The number of ether oxygens (including phenoxy) is 1. The smallest absolute Gasteiger partial charge is 0.315 e. The van der Waals surface area contributed by atoms with Crippen molar-refractivity contribution >= 4 is 6.03 Å². The predicted octanol–water partition coefficient (Wildman–Crippen LogP) is 2.64. The second-order valence-electron chi connectivity index (χ2n) is 5.11. The molecule has 0 saturated carbocycles. The highest BCUT2D eigenvalue weighted by Gasteiger charge is 2.22. The van der Waals surface area contributed by atoms with E-state index in [2.05, 4.69) is 10.6 Å². The summed E-state index contributed by atoms with van der Waals surface area (Å²) in [6.45, 7) is 7.79. The average Bonchev–Trinajstić information content (AvgIpc) is 2.27. The molecule has 1 aromatic rings. The van der Waals surface area contributed by atoms with Gasteiger partial charge in [-0.05, 0) is 45.4 Å². The van der Waals surface area contributed by atoms with Gasteiger partial charge >= 0.3 is 6.03 Å². The fourth-order valence-corrected chi connectivity index (χ4v) is 1.66. The molecule has 0 bridgehead atoms. The Labute approximate surface area is 109 Å². The van der Waals surface area contributed by atoms with Gasteiger partial charge in [0.05, 0.1) is 12.6 Å². The number of carbonyl (C=O) groups is 1. The molecule has 0 radical (unpaired) electrons. The maximum Gasteiger partial charge on any atom is 0.315 e. The van der Waals surface area contributed by atoms with Crippen molar-refractivity contribution in [2.75, 3.05) is 7.11 Å². The van der Waals surface area contributed by atoms with Gasteiger partial charge in [-0.15, -0.1) is 0 Å². The van der Waals surface area contributed by atoms with Crippen LogP contribution in [-0.2, 0) is 5.54 Å². The largest absolute Gasteiger partial charge is 0.497 e. The summed E-state index contributed by atoms with van der Waals surface area (Å²) >= 11 is 0. The number of carbonyl (C=O) groups excluding carboxylic acids is 1. The third kappa shape index (κ3) is 3.95. The summed E-state index contributed by atoms with van der Waals surface area (Å²) in [7, 11) is 1.63. The van der Waals surface area contributed by atoms with Crippen molar-refractivity contribution in [1.82, 2.24) is 10.6 Å². The van der Waals surface area contributed by atoms with E-state index >= 15 is 0 Å². The van der Waals surface area contributed by atoms with Crippen LogP contribution in [0.2, 0.25) is 0 Å². The molecule has 0 spiro atoms. The highest BCUT2D eigenvalue weighted by molar-refractivity contribution is 5.75. The molecule has 0 fully saturated rings. The lowest BCUT2D eigenvalue weighted by atomic mass is 9.94. The van der Waals surface area contributed by atoms with Gasteiger partial charge in [0.2, 0.25) is 0 Å². The van der Waals surface area contributed by atoms with Crippen molar-refractivity contribution in [2.45, 2.75) is 39.3 Å². The summed E-state index contributed by atoms with van der Waals surface area (Å²) < 4.78 is 5.12. The number of amides is 2. The molecule has 0 aliphatic carbocycles. The molecule has 0 aliphatic rings. The average molecular weight is 250 g/mol. The molecule has 0 atom stereocenters. The first-order valence-electron chi connectivity index (χ1n) is 6.08. The summed E-state index contributed by atoms with van der Waals surface area (Å²) in [6.07, 6.45) is 0. The van der Waals surface area contributed by atoms with E-state index in [1.54, 1.807) is 7.11 Å². The fraction of sp³-hybridized carbons (Fsp3) is 0.500. The van der Waals surface area contributed by atoms with E-state index in [-0.39, 0.29) is 12.1 Å². The SMILES string of the molecule is COc1ccc(C(C)(C)NC(=O)NC(C)C)cc1. The standard InChI is InChI=1S/C14H22N2O2/c1-10(2)15-13(17)16-14(3,4)11-6-8-12(18-5)9-7-11/h6-10H,1-5H3,(H2,15,16,17). The van der Waals surface area contributed by atoms with Crippen LogP contribution in [0.15, 0.2) is 24.3 Å². The first-order valence-corrected chi connectivity index (χ1v) is 6.08. The second kappa shape index (κ2) is 5.76. The lowest BCUT2D eigenvalue weighted by Crippen LogP contribution is -2.48. The Balaban J connectivity index is 2.75. The second-order valence-corrected chi connectivity index (χ2v) is 5.11. The van der Waals surface area contributed by atoms with Gasteiger partial charge < -0.3 is 15.4 Å². The number of hydrogen-bond acceptors (Lipinski definition) is 2. The van der Waals surface area contributed by atoms with Crippen LogP contribution in [0, 0.1) is 0 Å². The maximum atomic E-state index is 11.7. The molecule has 1 rings (SSSR count). The Bertz CT molecular complexity index is 397. The van der Waals surface area contributed by atoms with E-state index in [0.717, 1.165) is 11.3 Å². The van der Waals surface area contributed by atoms with E-state index in [9.17, 15) is 4.79 Å². The highest BCUT2D eigenvalue weighted by atomic mass is 16.5. The van der Waals surface area contributed by atoms with Crippen LogP contribution in [0.5, 0.6) is 5.75 Å². The molecule has 0 unspecified atom stereocenters. The minimum absolute atomic E-state index is 0.122. The Morgan fingerprint density at radius 1 is 1.22 bits per heavy atom. The summed E-state index contributed by atoms with van der Waals surface area (Å²) in [4.78, 5) is 11.7. The van der Waals surface area contributed by atoms with Gasteiger partial charge in [-0.1, -0.05) is 12.1 Å². The first-order chi connectivity index (χ1) is 8.35. The van der Waals surface area contributed by atoms with Crippen molar-refractivity contribution in [1.29, 1.82) is 0 Å². The monoisotopic (exact) mass is 250 g/mol. The van der Waals surface area contributed by atoms with E-state index < -0.39 is 5.54 Å². The molecule has 0 saturated heterocycles. The maximum absolute atomic E-state index is 11.7. The lowest BCUT2D eigenvalue weighted by Gasteiger charge is -2.27. The van der Waals surface area contributed by atoms with Crippen molar-refractivity contribution in [3.8, 4) is 5.75 Å². The van der Waals surface area contributed by atoms with Crippen molar-refractivity contribution in [3.05, 3.63) is 29.8 Å². The van der Waals surface area contributed by atoms with Gasteiger partial charge in [-0.2, -0.15) is 0 Å². The Hall–Kier alpha value is -1.71. The zero-order chi connectivity index (χ0) is 13.8. The molecule has 100 valence electrons. The van der Waals surface area contributed by atoms with Crippen LogP contribution in [0.4, 0.5) is 4.79 Å². The molecule has 2 N–H and O–H groups in total. The summed E-state index contributed by atoms with van der Waals surface area (Å²) in [5.41, 5.74) is 0.604. The molecule has 4 nitrogen and oxygen atoms in total. The Morgan fingerprint density at radius 3 is 2.22 bits per heavy atom. The van der Waals surface area contributed by atoms with Crippen molar-refractivity contribution in [2.24, 2.45) is 0 Å². The normalized spacial score (nSPS) is 11.2. The van der Waals surface area contributed by atoms with E-state index in [1.165, 1.54) is 0 Å². The molecule has 0 aromatic heterocycles. The number of benzene rings is 1. The summed E-state index contributed by atoms with van der Waals surface area (Å²) in [5, 5.41) is 5.77. The van der Waals surface area contributed by atoms with Gasteiger partial charge in [0, 0.05) is 6.04 Å². The van der Waals surface area contributed by atoms with E-state index in [4.69, 9.17) is 4.74 Å². The molecular formula is C14H22N2O2. The van der Waals surface area contributed by atoms with E-state index in [0.29, 0.717) is 0 Å². The van der Waals surface area contributed by atoms with Crippen molar-refractivity contribution in [3.63, 3.8) is 0 Å². The highest BCUT2D eigenvalue weighted by Crippen LogP contribution is 2.22. The zero-order valence-electron chi connectivity index (χ0n) is 11.7. The molecular weight excluding hydrogens is 228 g/mol. The Morgan fingerprint density at radius 2 is 1.78 bits per heavy atom. The van der Waals surface area contributed by atoms with Crippen molar-refractivity contribution < 1.29 is 9.53 Å². The first kappa shape index (κ1) is 14.4. The van der Waals surface area contributed by atoms with Crippen LogP contribution in [0.25, 0.3) is 0 Å². The van der Waals surface area contributed by atoms with Gasteiger partial charge in [0.15, 0.2) is 0 Å². The van der Waals surface area contributed by atoms with Gasteiger partial charge in [0.25, 0.3) is 0 Å². The van der Waals surface area contributed by atoms with Gasteiger partial charge in [0.1, 0.15) is 5.75 Å². The Kier molecular flexibility index (Phi) is 4.59. The third-order valence-electron chi connectivity index (χ3n) is 2.66. The van der Waals surface area contributed by atoms with Gasteiger partial charge in [-0.3, -0.25) is 0 Å². The number of hydrogen-bond donors (Lipinski definition) is 2. The third-order valence-corrected chi connectivity index (χ3v) is 2.66. The van der Waals surface area contributed by atoms with Crippen LogP contribution >= 0.6 is 0 Å². The molecule has 18 heavy (non-hydrogen) atoms. The number of nitrogens with one attached hydrogen (secondary N) is 2. The molecule has 0 aliphatic heterocycles. The van der Waals surface area contributed by atoms with Crippen LogP contribution in [-0.4, -0.2) is 19.2 Å². The summed E-state index contributed by atoms with van der Waals surface area (Å²) in [6, 6.07) is 7.64. The zero-order valence-corrected chi connectivity index (χ0v) is 11.7. The van der Waals surface area contributed by atoms with E-state index in [1.807, 2.05) is 52.0 Å². The van der Waals surface area contributed by atoms with Crippen LogP contribution in [0.1, 0.15) is 33.3 Å². The molecule has 2 amide bonds. The summed E-state index contributed by atoms with van der Waals surface area (Å²) in [5.74, 6) is 0.807. The number of rotatable bonds is 4. The molecule has 4 heteroatoms. The topological polar surface area (TPSA) is 50.4 Å². The number of methoxy groups -OCH3 is 1.